The van der Waals surface area contributed by atoms with Crippen LogP contribution in [0.5, 0.6) is 0 Å². The Balaban J connectivity index is 1.80. The Labute approximate surface area is 103 Å². The summed E-state index contributed by atoms with van der Waals surface area (Å²) in [4.78, 5) is 4.52. The predicted molar refractivity (Wildman–Crippen MR) is 69.3 cm³/mol. The van der Waals surface area contributed by atoms with E-state index < -0.39 is 0 Å². The molecular formula is C13H23N3O. The topological polar surface area (TPSA) is 39.1 Å². The summed E-state index contributed by atoms with van der Waals surface area (Å²) in [6.45, 7) is 4.87. The summed E-state index contributed by atoms with van der Waals surface area (Å²) in [5.41, 5.74) is 1.09. The Kier molecular flexibility index (Phi) is 4.42. The highest BCUT2D eigenvalue weighted by molar-refractivity contribution is 5.28. The molecule has 17 heavy (non-hydrogen) atoms. The second-order valence-electron chi connectivity index (χ2n) is 4.90. The Morgan fingerprint density at radius 2 is 2.35 bits per heavy atom. The summed E-state index contributed by atoms with van der Waals surface area (Å²) < 4.78 is 7.29. The molecule has 1 aliphatic rings. The van der Waals surface area contributed by atoms with Crippen molar-refractivity contribution in [2.45, 2.75) is 39.2 Å². The van der Waals surface area contributed by atoms with E-state index in [0.29, 0.717) is 0 Å². The third kappa shape index (κ3) is 4.04. The molecule has 1 heterocycles. The molecule has 0 spiro atoms. The molecule has 1 fully saturated rings. The number of anilines is 1. The monoisotopic (exact) mass is 237 g/mol. The van der Waals surface area contributed by atoms with E-state index in [2.05, 4.69) is 21.1 Å². The fraction of sp³-hybridized carbons (Fsp3) is 0.769. The van der Waals surface area contributed by atoms with E-state index in [-0.39, 0.29) is 0 Å². The molecule has 0 aromatic carbocycles. The van der Waals surface area contributed by atoms with Crippen LogP contribution in [0.25, 0.3) is 0 Å². The molecule has 1 N–H and O–H groups in total. The smallest absolute Gasteiger partial charge is 0.203 e. The summed E-state index contributed by atoms with van der Waals surface area (Å²) in [7, 11) is 1.74. The van der Waals surface area contributed by atoms with Crippen molar-refractivity contribution in [3.8, 4) is 0 Å². The van der Waals surface area contributed by atoms with E-state index in [0.717, 1.165) is 43.7 Å². The van der Waals surface area contributed by atoms with Crippen LogP contribution < -0.4 is 5.32 Å². The van der Waals surface area contributed by atoms with Crippen molar-refractivity contribution in [2.24, 2.45) is 5.92 Å². The van der Waals surface area contributed by atoms with Crippen molar-refractivity contribution in [1.82, 2.24) is 9.55 Å². The Hall–Kier alpha value is -1.03. The van der Waals surface area contributed by atoms with Gasteiger partial charge in [0.05, 0.1) is 5.69 Å². The number of nitrogens with zero attached hydrogens (tertiary/aromatic N) is 2. The van der Waals surface area contributed by atoms with Gasteiger partial charge in [0.15, 0.2) is 0 Å². The van der Waals surface area contributed by atoms with Gasteiger partial charge < -0.3 is 14.6 Å². The van der Waals surface area contributed by atoms with Gasteiger partial charge in [0.1, 0.15) is 0 Å². The second kappa shape index (κ2) is 6.05. The zero-order chi connectivity index (χ0) is 12.1. The van der Waals surface area contributed by atoms with Gasteiger partial charge in [-0.25, -0.2) is 4.98 Å². The molecule has 1 aromatic rings. The van der Waals surface area contributed by atoms with Crippen molar-refractivity contribution in [3.05, 3.63) is 11.9 Å². The summed E-state index contributed by atoms with van der Waals surface area (Å²) in [6.07, 6.45) is 7.29. The lowest BCUT2D eigenvalue weighted by atomic mass is 10.3. The van der Waals surface area contributed by atoms with E-state index in [4.69, 9.17) is 4.74 Å². The van der Waals surface area contributed by atoms with Crippen LogP contribution in [0, 0.1) is 12.8 Å². The highest BCUT2D eigenvalue weighted by Crippen LogP contribution is 2.33. The van der Waals surface area contributed by atoms with Gasteiger partial charge in [0.25, 0.3) is 0 Å². The number of hydrogen-bond donors (Lipinski definition) is 1. The minimum Gasteiger partial charge on any atom is -0.385 e. The van der Waals surface area contributed by atoms with Gasteiger partial charge >= 0.3 is 0 Å². The third-order valence-electron chi connectivity index (χ3n) is 3.18. The molecule has 0 saturated heterocycles. The van der Waals surface area contributed by atoms with E-state index in [1.54, 1.807) is 7.11 Å². The lowest BCUT2D eigenvalue weighted by Crippen LogP contribution is -2.10. The molecular weight excluding hydrogens is 214 g/mol. The average Bonchev–Trinajstić information content (AvgIpc) is 3.07. The largest absolute Gasteiger partial charge is 0.385 e. The Morgan fingerprint density at radius 3 is 3.06 bits per heavy atom. The number of aryl methyl sites for hydroxylation is 2. The molecule has 0 amide bonds. The zero-order valence-corrected chi connectivity index (χ0v) is 10.9. The number of aromatic nitrogens is 2. The molecule has 0 atom stereocenters. The van der Waals surface area contributed by atoms with Crippen molar-refractivity contribution in [2.75, 3.05) is 25.6 Å². The maximum absolute atomic E-state index is 5.04. The Bertz CT molecular complexity index is 344. The number of hydrogen-bond acceptors (Lipinski definition) is 3. The highest BCUT2D eigenvalue weighted by atomic mass is 16.5. The summed E-state index contributed by atoms with van der Waals surface area (Å²) in [5.74, 6) is 1.98. The maximum atomic E-state index is 5.04. The van der Waals surface area contributed by atoms with Gasteiger partial charge in [-0.3, -0.25) is 0 Å². The van der Waals surface area contributed by atoms with Crippen molar-refractivity contribution in [1.29, 1.82) is 0 Å². The lowest BCUT2D eigenvalue weighted by molar-refractivity contribution is 0.197. The zero-order valence-electron chi connectivity index (χ0n) is 10.9. The number of methoxy groups -OCH3 is 1. The van der Waals surface area contributed by atoms with Gasteiger partial charge in [-0.05, 0) is 25.7 Å². The van der Waals surface area contributed by atoms with E-state index >= 15 is 0 Å². The van der Waals surface area contributed by atoms with Crippen molar-refractivity contribution < 1.29 is 4.74 Å². The van der Waals surface area contributed by atoms with Crippen LogP contribution in [0.1, 0.15) is 31.4 Å². The molecule has 0 bridgehead atoms. The van der Waals surface area contributed by atoms with Gasteiger partial charge in [0.2, 0.25) is 5.95 Å². The molecule has 0 aliphatic heterocycles. The van der Waals surface area contributed by atoms with Crippen LogP contribution in [-0.2, 0) is 11.3 Å². The van der Waals surface area contributed by atoms with E-state index in [1.807, 2.05) is 6.92 Å². The van der Waals surface area contributed by atoms with E-state index in [1.165, 1.54) is 19.3 Å². The first-order valence-corrected chi connectivity index (χ1v) is 6.56. The molecule has 0 unspecified atom stereocenters. The molecule has 0 radical (unpaired) electrons. The molecule has 4 heteroatoms. The van der Waals surface area contributed by atoms with Crippen LogP contribution in [0.15, 0.2) is 6.20 Å². The fourth-order valence-corrected chi connectivity index (χ4v) is 2.00. The quantitative estimate of drug-likeness (QED) is 0.706. The van der Waals surface area contributed by atoms with Gasteiger partial charge in [-0.15, -0.1) is 0 Å². The molecule has 1 aliphatic carbocycles. The molecule has 96 valence electrons. The normalized spacial score (nSPS) is 15.2. The minimum atomic E-state index is 0.800. The maximum Gasteiger partial charge on any atom is 0.203 e. The van der Waals surface area contributed by atoms with E-state index in [9.17, 15) is 0 Å². The number of nitrogens with one attached hydrogen (secondary N) is 1. The van der Waals surface area contributed by atoms with Gasteiger partial charge in [-0.2, -0.15) is 0 Å². The molecule has 1 aromatic heterocycles. The molecule has 2 rings (SSSR count). The van der Waals surface area contributed by atoms with Crippen LogP contribution in [0.3, 0.4) is 0 Å². The first-order chi connectivity index (χ1) is 8.29. The Morgan fingerprint density at radius 1 is 1.53 bits per heavy atom. The van der Waals surface area contributed by atoms with Crippen molar-refractivity contribution >= 4 is 5.95 Å². The van der Waals surface area contributed by atoms with Crippen LogP contribution in [-0.4, -0.2) is 29.8 Å². The minimum absolute atomic E-state index is 0.800. The first kappa shape index (κ1) is 12.4. The third-order valence-corrected chi connectivity index (χ3v) is 3.18. The lowest BCUT2D eigenvalue weighted by Gasteiger charge is -2.09. The fourth-order valence-electron chi connectivity index (χ4n) is 2.00. The van der Waals surface area contributed by atoms with Gasteiger partial charge in [-0.1, -0.05) is 12.8 Å². The highest BCUT2D eigenvalue weighted by Gasteiger charge is 2.21. The number of imidazole rings is 1. The predicted octanol–water partition coefficient (Wildman–Crippen LogP) is 2.44. The average molecular weight is 237 g/mol. The van der Waals surface area contributed by atoms with Crippen LogP contribution in [0.4, 0.5) is 5.95 Å². The summed E-state index contributed by atoms with van der Waals surface area (Å²) >= 11 is 0. The van der Waals surface area contributed by atoms with Gasteiger partial charge in [0, 0.05) is 33.0 Å². The second-order valence-corrected chi connectivity index (χ2v) is 4.90. The SMILES string of the molecule is COCCCNc1nc(C)cn1CCC1CC1. The number of ether oxygens (including phenoxy) is 1. The van der Waals surface area contributed by atoms with Crippen LogP contribution in [0.2, 0.25) is 0 Å². The first-order valence-electron chi connectivity index (χ1n) is 6.56. The summed E-state index contributed by atoms with van der Waals surface area (Å²) in [5, 5.41) is 3.38. The molecule has 4 nitrogen and oxygen atoms in total. The summed E-state index contributed by atoms with van der Waals surface area (Å²) in [6, 6.07) is 0. The standard InChI is InChI=1S/C13H23N3O/c1-11-10-16(8-6-12-4-5-12)13(15-11)14-7-3-9-17-2/h10,12H,3-9H2,1-2H3,(H,14,15). The van der Waals surface area contributed by atoms with Crippen LogP contribution >= 0.6 is 0 Å². The molecule has 1 saturated carbocycles. The number of rotatable bonds is 8. The van der Waals surface area contributed by atoms with Crippen molar-refractivity contribution in [3.63, 3.8) is 0 Å².